The maximum absolute atomic E-state index is 14.3. The molecule has 0 saturated carbocycles. The Labute approximate surface area is 174 Å². The molecule has 3 atom stereocenters. The lowest BCUT2D eigenvalue weighted by Crippen LogP contribution is -2.43. The van der Waals surface area contributed by atoms with Crippen LogP contribution in [0.3, 0.4) is 0 Å². The maximum atomic E-state index is 14.3. The molecule has 2 aromatic rings. The molecule has 0 radical (unpaired) electrons. The number of carbonyl (C=O) groups excluding carboxylic acids is 1. The van der Waals surface area contributed by atoms with Gasteiger partial charge in [-0.05, 0) is 61.9 Å². The fraction of sp³-hybridized carbons (Fsp3) is 0.435. The molecule has 0 spiro atoms. The minimum absolute atomic E-state index is 0.105. The van der Waals surface area contributed by atoms with E-state index in [4.69, 9.17) is 4.74 Å². The third kappa shape index (κ3) is 3.31. The Balaban J connectivity index is 1.77. The van der Waals surface area contributed by atoms with Gasteiger partial charge in [0.1, 0.15) is 29.0 Å². The second kappa shape index (κ2) is 7.54. The molecule has 2 aliphatic carbocycles. The van der Waals surface area contributed by atoms with E-state index in [0.29, 0.717) is 25.0 Å². The number of carbonyl (C=O) groups is 1. The van der Waals surface area contributed by atoms with Gasteiger partial charge in [-0.3, -0.25) is 4.79 Å². The fourth-order valence-electron chi connectivity index (χ4n) is 4.53. The number of hydrogen-bond donors (Lipinski definition) is 0. The zero-order valence-electron chi connectivity index (χ0n) is 17.6. The number of benzene rings is 1. The number of aromatic nitrogens is 2. The third-order valence-corrected chi connectivity index (χ3v) is 6.05. The summed E-state index contributed by atoms with van der Waals surface area (Å²) >= 11 is 0. The summed E-state index contributed by atoms with van der Waals surface area (Å²) in [5.74, 6) is -1.23. The van der Waals surface area contributed by atoms with Crippen molar-refractivity contribution in [2.45, 2.75) is 44.8 Å². The van der Waals surface area contributed by atoms with Gasteiger partial charge in [0.25, 0.3) is 5.91 Å². The highest BCUT2D eigenvalue weighted by molar-refractivity contribution is 5.80. The lowest BCUT2D eigenvalue weighted by atomic mass is 9.80. The summed E-state index contributed by atoms with van der Waals surface area (Å²) in [6, 6.07) is 5.44. The van der Waals surface area contributed by atoms with Crippen LogP contribution in [0, 0.1) is 17.6 Å². The Morgan fingerprint density at radius 3 is 2.63 bits per heavy atom. The highest BCUT2D eigenvalue weighted by atomic mass is 19.1. The van der Waals surface area contributed by atoms with E-state index in [2.05, 4.69) is 10.2 Å². The Kier molecular flexibility index (Phi) is 5.18. The van der Waals surface area contributed by atoms with Crippen LogP contribution in [0.25, 0.3) is 11.3 Å². The first-order valence-corrected chi connectivity index (χ1v) is 10.2. The van der Waals surface area contributed by atoms with Crippen molar-refractivity contribution in [1.29, 1.82) is 0 Å². The van der Waals surface area contributed by atoms with E-state index in [9.17, 15) is 13.6 Å². The molecule has 1 amide bonds. The summed E-state index contributed by atoms with van der Waals surface area (Å²) in [6.45, 7) is 3.95. The molecule has 1 unspecified atom stereocenters. The quantitative estimate of drug-likeness (QED) is 0.695. The molecular formula is C23H25F2N3O2. The van der Waals surface area contributed by atoms with Crippen molar-refractivity contribution in [3.8, 4) is 11.3 Å². The normalized spacial score (nSPS) is 23.0. The molecule has 30 heavy (non-hydrogen) atoms. The van der Waals surface area contributed by atoms with Crippen LogP contribution in [-0.2, 0) is 21.6 Å². The Morgan fingerprint density at radius 1 is 1.30 bits per heavy atom. The first-order chi connectivity index (χ1) is 14.3. The zero-order chi connectivity index (χ0) is 21.6. The summed E-state index contributed by atoms with van der Waals surface area (Å²) in [7, 11) is 3.41. The highest BCUT2D eigenvalue weighted by Gasteiger charge is 2.49. The molecule has 7 heteroatoms. The van der Waals surface area contributed by atoms with Crippen LogP contribution in [0.1, 0.15) is 37.9 Å². The molecule has 158 valence electrons. The number of fused-ring (bicyclic) bond motifs is 4. The van der Waals surface area contributed by atoms with Crippen LogP contribution in [0.4, 0.5) is 8.78 Å². The Bertz CT molecular complexity index is 1020. The molecule has 0 aliphatic heterocycles. The van der Waals surface area contributed by atoms with Crippen molar-refractivity contribution in [3.63, 3.8) is 0 Å². The Morgan fingerprint density at radius 2 is 2.00 bits per heavy atom. The molecule has 4 rings (SSSR count). The fourth-order valence-corrected chi connectivity index (χ4v) is 4.53. The number of amides is 1. The lowest BCUT2D eigenvalue weighted by Gasteiger charge is -2.37. The summed E-state index contributed by atoms with van der Waals surface area (Å²) in [5, 5.41) is 8.53. The first-order valence-electron chi connectivity index (χ1n) is 10.2. The van der Waals surface area contributed by atoms with Gasteiger partial charge < -0.3 is 9.64 Å². The van der Waals surface area contributed by atoms with E-state index in [1.807, 2.05) is 19.9 Å². The standard InChI is InChI=1S/C23H25F2N3O2/c1-5-19(22(29)28(3)4)30-23-11-13(2)15(12-23)9-14-10-18(26-27-21(14)23)20-16(24)7-6-8-17(20)25/h6-8,10-11,15,19H,5,9,12H2,1-4H3/t15?,19-,23+/m1/s1. The monoisotopic (exact) mass is 413 g/mol. The van der Waals surface area contributed by atoms with Crippen LogP contribution < -0.4 is 0 Å². The molecule has 5 nitrogen and oxygen atoms in total. The number of likely N-dealkylation sites (N-methyl/N-ethyl adjacent to an activating group) is 1. The van der Waals surface area contributed by atoms with E-state index >= 15 is 0 Å². The van der Waals surface area contributed by atoms with Gasteiger partial charge in [-0.1, -0.05) is 18.6 Å². The number of rotatable bonds is 5. The summed E-state index contributed by atoms with van der Waals surface area (Å²) in [5.41, 5.74) is 1.77. The van der Waals surface area contributed by atoms with Gasteiger partial charge in [-0.2, -0.15) is 5.10 Å². The van der Waals surface area contributed by atoms with E-state index in [1.54, 1.807) is 20.2 Å². The second-order valence-corrected chi connectivity index (χ2v) is 8.33. The van der Waals surface area contributed by atoms with Gasteiger partial charge in [-0.15, -0.1) is 5.10 Å². The maximum Gasteiger partial charge on any atom is 0.251 e. The van der Waals surface area contributed by atoms with Crippen molar-refractivity contribution in [2.75, 3.05) is 14.1 Å². The number of allylic oxidation sites excluding steroid dienone is 1. The number of nitrogens with zero attached hydrogens (tertiary/aromatic N) is 3. The Hall–Kier alpha value is -2.67. The lowest BCUT2D eigenvalue weighted by molar-refractivity contribution is -0.153. The van der Waals surface area contributed by atoms with Crippen molar-refractivity contribution in [1.82, 2.24) is 15.1 Å². The van der Waals surface area contributed by atoms with Crippen LogP contribution >= 0.6 is 0 Å². The smallest absolute Gasteiger partial charge is 0.251 e. The highest BCUT2D eigenvalue weighted by Crippen LogP contribution is 2.50. The summed E-state index contributed by atoms with van der Waals surface area (Å²) < 4.78 is 35.0. The molecule has 0 N–H and O–H groups in total. The van der Waals surface area contributed by atoms with Crippen molar-refractivity contribution < 1.29 is 18.3 Å². The predicted octanol–water partition coefficient (Wildman–Crippen LogP) is 4.02. The molecule has 2 aliphatic rings. The van der Waals surface area contributed by atoms with Gasteiger partial charge in [0.2, 0.25) is 0 Å². The van der Waals surface area contributed by atoms with E-state index in [0.717, 1.165) is 5.56 Å². The van der Waals surface area contributed by atoms with Crippen LogP contribution in [0.5, 0.6) is 0 Å². The largest absolute Gasteiger partial charge is 0.351 e. The van der Waals surface area contributed by atoms with Crippen LogP contribution in [-0.4, -0.2) is 41.2 Å². The molecule has 2 bridgehead atoms. The van der Waals surface area contributed by atoms with Crippen molar-refractivity contribution in [3.05, 3.63) is 58.8 Å². The summed E-state index contributed by atoms with van der Waals surface area (Å²) in [4.78, 5) is 14.1. The van der Waals surface area contributed by atoms with Crippen molar-refractivity contribution in [2.24, 2.45) is 5.92 Å². The van der Waals surface area contributed by atoms with Crippen LogP contribution in [0.2, 0.25) is 0 Å². The van der Waals surface area contributed by atoms with Crippen LogP contribution in [0.15, 0.2) is 35.9 Å². The van der Waals surface area contributed by atoms with Crippen molar-refractivity contribution >= 4 is 5.91 Å². The van der Waals surface area contributed by atoms with E-state index in [-0.39, 0.29) is 23.1 Å². The first kappa shape index (κ1) is 20.6. The molecule has 0 fully saturated rings. The minimum Gasteiger partial charge on any atom is -0.351 e. The van der Waals surface area contributed by atoms with Gasteiger partial charge in [0.05, 0.1) is 11.3 Å². The number of halogens is 2. The SMILES string of the molecule is CC[C@@H](O[C@]12C=C(C)C(Cc3cc(-c4c(F)cccc4F)nnc31)C2)C(=O)N(C)C. The summed E-state index contributed by atoms with van der Waals surface area (Å²) in [6.07, 6.45) is 3.33. The van der Waals surface area contributed by atoms with E-state index < -0.39 is 23.3 Å². The van der Waals surface area contributed by atoms with Gasteiger partial charge >= 0.3 is 0 Å². The topological polar surface area (TPSA) is 55.3 Å². The molecular weight excluding hydrogens is 388 g/mol. The molecule has 1 aromatic carbocycles. The molecule has 1 aromatic heterocycles. The average Bonchev–Trinajstić information content (AvgIpc) is 2.96. The van der Waals surface area contributed by atoms with Gasteiger partial charge in [0, 0.05) is 14.1 Å². The minimum atomic E-state index is -0.853. The number of ether oxygens (including phenoxy) is 1. The second-order valence-electron chi connectivity index (χ2n) is 8.33. The average molecular weight is 413 g/mol. The molecule has 0 saturated heterocycles. The third-order valence-electron chi connectivity index (χ3n) is 6.05. The van der Waals surface area contributed by atoms with Gasteiger partial charge in [0.15, 0.2) is 0 Å². The number of hydrogen-bond acceptors (Lipinski definition) is 4. The van der Waals surface area contributed by atoms with Gasteiger partial charge in [-0.25, -0.2) is 8.78 Å². The zero-order valence-corrected chi connectivity index (χ0v) is 17.6. The van der Waals surface area contributed by atoms with E-state index in [1.165, 1.54) is 28.7 Å². The predicted molar refractivity (Wildman–Crippen MR) is 108 cm³/mol. The molecule has 1 heterocycles.